The average molecular weight is 245 g/mol. The highest BCUT2D eigenvalue weighted by Crippen LogP contribution is 2.17. The molecule has 0 bridgehead atoms. The minimum Gasteiger partial charge on any atom is -0.355 e. The second kappa shape index (κ2) is 5.69. The van der Waals surface area contributed by atoms with Crippen molar-refractivity contribution in [2.24, 2.45) is 0 Å². The zero-order valence-corrected chi connectivity index (χ0v) is 10.9. The summed E-state index contributed by atoms with van der Waals surface area (Å²) in [6.45, 7) is 3.83. The summed E-state index contributed by atoms with van der Waals surface area (Å²) in [7, 11) is 1.93. The summed E-state index contributed by atoms with van der Waals surface area (Å²) in [4.78, 5) is 11.6. The largest absolute Gasteiger partial charge is 0.355 e. The summed E-state index contributed by atoms with van der Waals surface area (Å²) in [5.41, 5.74) is 2.35. The molecule has 0 aliphatic heterocycles. The van der Waals surface area contributed by atoms with Crippen LogP contribution in [-0.4, -0.2) is 24.1 Å². The van der Waals surface area contributed by atoms with Crippen LogP contribution in [0.2, 0.25) is 0 Å². The maximum absolute atomic E-state index is 11.6. The number of carbonyl (C=O) groups is 1. The number of amides is 1. The van der Waals surface area contributed by atoms with E-state index < -0.39 is 0 Å². The molecule has 2 aromatic rings. The maximum atomic E-state index is 11.6. The molecule has 1 amide bonds. The molecule has 4 heteroatoms. The Hall–Kier alpha value is -1.81. The van der Waals surface area contributed by atoms with E-state index in [0.717, 1.165) is 12.1 Å². The van der Waals surface area contributed by atoms with Crippen LogP contribution in [0.25, 0.3) is 10.9 Å². The molecule has 2 rings (SSSR count). The van der Waals surface area contributed by atoms with Crippen molar-refractivity contribution < 1.29 is 4.79 Å². The Labute approximate surface area is 107 Å². The predicted molar refractivity (Wildman–Crippen MR) is 73.4 cm³/mol. The fourth-order valence-electron chi connectivity index (χ4n) is 2.11. The average Bonchev–Trinajstić information content (AvgIpc) is 2.73. The number of carbonyl (C=O) groups excluding carboxylic acids is 1. The maximum Gasteiger partial charge on any atom is 0.239 e. The van der Waals surface area contributed by atoms with Crippen molar-refractivity contribution in [3.05, 3.63) is 36.0 Å². The van der Waals surface area contributed by atoms with Gasteiger partial charge in [-0.15, -0.1) is 0 Å². The minimum absolute atomic E-state index is 0.0503. The van der Waals surface area contributed by atoms with Crippen LogP contribution in [0.15, 0.2) is 30.5 Å². The topological polar surface area (TPSA) is 46.1 Å². The van der Waals surface area contributed by atoms with E-state index in [0.29, 0.717) is 13.1 Å². The molecule has 96 valence electrons. The SMILES string of the molecule is CCNC(=O)Cn1ccc2cc(CNC)ccc21. The normalized spacial score (nSPS) is 10.8. The highest BCUT2D eigenvalue weighted by Gasteiger charge is 2.05. The number of likely N-dealkylation sites (N-methyl/N-ethyl adjacent to an activating group) is 1. The van der Waals surface area contributed by atoms with Gasteiger partial charge in [0, 0.05) is 24.8 Å². The van der Waals surface area contributed by atoms with E-state index in [2.05, 4.69) is 28.8 Å². The molecule has 0 fully saturated rings. The molecule has 1 aromatic carbocycles. The van der Waals surface area contributed by atoms with Crippen molar-refractivity contribution in [2.75, 3.05) is 13.6 Å². The summed E-state index contributed by atoms with van der Waals surface area (Å²) in [6.07, 6.45) is 1.96. The lowest BCUT2D eigenvalue weighted by Gasteiger charge is -2.06. The number of hydrogen-bond acceptors (Lipinski definition) is 2. The van der Waals surface area contributed by atoms with Gasteiger partial charge >= 0.3 is 0 Å². The molecule has 1 aromatic heterocycles. The van der Waals surface area contributed by atoms with Crippen molar-refractivity contribution in [2.45, 2.75) is 20.0 Å². The fraction of sp³-hybridized carbons (Fsp3) is 0.357. The van der Waals surface area contributed by atoms with E-state index in [1.54, 1.807) is 0 Å². The van der Waals surface area contributed by atoms with Crippen molar-refractivity contribution >= 4 is 16.8 Å². The van der Waals surface area contributed by atoms with Gasteiger partial charge in [-0.2, -0.15) is 0 Å². The Morgan fingerprint density at radius 1 is 1.33 bits per heavy atom. The zero-order chi connectivity index (χ0) is 13.0. The van der Waals surface area contributed by atoms with Crippen LogP contribution < -0.4 is 10.6 Å². The third-order valence-corrected chi connectivity index (χ3v) is 2.90. The van der Waals surface area contributed by atoms with E-state index in [4.69, 9.17) is 0 Å². The van der Waals surface area contributed by atoms with Crippen LogP contribution in [0.4, 0.5) is 0 Å². The lowest BCUT2D eigenvalue weighted by molar-refractivity contribution is -0.121. The minimum atomic E-state index is 0.0503. The first kappa shape index (κ1) is 12.6. The Kier molecular flexibility index (Phi) is 3.99. The molecule has 0 spiro atoms. The Morgan fingerprint density at radius 2 is 2.17 bits per heavy atom. The van der Waals surface area contributed by atoms with Crippen molar-refractivity contribution in [1.82, 2.24) is 15.2 Å². The second-order valence-corrected chi connectivity index (χ2v) is 4.32. The van der Waals surface area contributed by atoms with E-state index >= 15 is 0 Å². The smallest absolute Gasteiger partial charge is 0.239 e. The van der Waals surface area contributed by atoms with Crippen LogP contribution in [0.3, 0.4) is 0 Å². The Morgan fingerprint density at radius 3 is 2.89 bits per heavy atom. The van der Waals surface area contributed by atoms with E-state index in [9.17, 15) is 4.79 Å². The molecule has 0 radical (unpaired) electrons. The molecule has 1 heterocycles. The monoisotopic (exact) mass is 245 g/mol. The lowest BCUT2D eigenvalue weighted by Crippen LogP contribution is -2.26. The van der Waals surface area contributed by atoms with Gasteiger partial charge in [-0.3, -0.25) is 4.79 Å². The summed E-state index contributed by atoms with van der Waals surface area (Å²) in [5.74, 6) is 0.0503. The molecule has 0 aliphatic rings. The number of fused-ring (bicyclic) bond motifs is 1. The van der Waals surface area contributed by atoms with Gasteiger partial charge in [0.25, 0.3) is 0 Å². The van der Waals surface area contributed by atoms with Crippen molar-refractivity contribution in [3.63, 3.8) is 0 Å². The summed E-state index contributed by atoms with van der Waals surface area (Å²) >= 11 is 0. The second-order valence-electron chi connectivity index (χ2n) is 4.32. The van der Waals surface area contributed by atoms with Crippen LogP contribution in [0.1, 0.15) is 12.5 Å². The van der Waals surface area contributed by atoms with Crippen LogP contribution in [0.5, 0.6) is 0 Å². The quantitative estimate of drug-likeness (QED) is 0.838. The summed E-state index contributed by atoms with van der Waals surface area (Å²) in [5, 5.41) is 7.12. The third kappa shape index (κ3) is 2.71. The lowest BCUT2D eigenvalue weighted by atomic mass is 10.1. The highest BCUT2D eigenvalue weighted by atomic mass is 16.1. The highest BCUT2D eigenvalue weighted by molar-refractivity contribution is 5.83. The van der Waals surface area contributed by atoms with Crippen molar-refractivity contribution in [1.29, 1.82) is 0 Å². The summed E-state index contributed by atoms with van der Waals surface area (Å²) < 4.78 is 1.98. The predicted octanol–water partition coefficient (Wildman–Crippen LogP) is 1.50. The Balaban J connectivity index is 2.23. The number of benzene rings is 1. The first-order chi connectivity index (χ1) is 8.74. The van der Waals surface area contributed by atoms with Gasteiger partial charge in [-0.25, -0.2) is 0 Å². The number of aromatic nitrogens is 1. The number of nitrogens with zero attached hydrogens (tertiary/aromatic N) is 1. The first-order valence-corrected chi connectivity index (χ1v) is 6.23. The number of rotatable bonds is 5. The Bertz CT molecular complexity index is 545. The standard InChI is InChI=1S/C14H19N3O/c1-3-16-14(18)10-17-7-6-12-8-11(9-15-2)4-5-13(12)17/h4-8,15H,3,9-10H2,1-2H3,(H,16,18). The third-order valence-electron chi connectivity index (χ3n) is 2.90. The first-order valence-electron chi connectivity index (χ1n) is 6.23. The molecule has 0 atom stereocenters. The number of hydrogen-bond donors (Lipinski definition) is 2. The van der Waals surface area contributed by atoms with Crippen LogP contribution in [0, 0.1) is 0 Å². The summed E-state index contributed by atoms with van der Waals surface area (Å²) in [6, 6.07) is 8.36. The molecule has 2 N–H and O–H groups in total. The molecule has 0 saturated heterocycles. The van der Waals surface area contributed by atoms with Crippen LogP contribution >= 0.6 is 0 Å². The molecule has 4 nitrogen and oxygen atoms in total. The van der Waals surface area contributed by atoms with E-state index in [-0.39, 0.29) is 5.91 Å². The number of nitrogens with one attached hydrogen (secondary N) is 2. The van der Waals surface area contributed by atoms with Gasteiger partial charge in [0.15, 0.2) is 0 Å². The van der Waals surface area contributed by atoms with Gasteiger partial charge in [0.1, 0.15) is 6.54 Å². The van der Waals surface area contributed by atoms with Gasteiger partial charge in [-0.05, 0) is 43.1 Å². The molecular formula is C14H19N3O. The van der Waals surface area contributed by atoms with Gasteiger partial charge in [0.2, 0.25) is 5.91 Å². The van der Waals surface area contributed by atoms with Gasteiger partial charge < -0.3 is 15.2 Å². The molecule has 18 heavy (non-hydrogen) atoms. The van der Waals surface area contributed by atoms with E-state index in [1.807, 2.05) is 30.8 Å². The molecular weight excluding hydrogens is 226 g/mol. The molecule has 0 saturated carbocycles. The van der Waals surface area contributed by atoms with Gasteiger partial charge in [0.05, 0.1) is 0 Å². The molecule has 0 unspecified atom stereocenters. The van der Waals surface area contributed by atoms with Crippen molar-refractivity contribution in [3.8, 4) is 0 Å². The zero-order valence-electron chi connectivity index (χ0n) is 10.9. The van der Waals surface area contributed by atoms with Crippen LogP contribution in [-0.2, 0) is 17.9 Å². The fourth-order valence-corrected chi connectivity index (χ4v) is 2.11. The van der Waals surface area contributed by atoms with Gasteiger partial charge in [-0.1, -0.05) is 6.07 Å². The van der Waals surface area contributed by atoms with E-state index in [1.165, 1.54) is 10.9 Å². The molecule has 0 aliphatic carbocycles.